The Morgan fingerprint density at radius 3 is 2.50 bits per heavy atom. The molecule has 0 bridgehead atoms. The number of nitrogens with zero attached hydrogens (tertiary/aromatic N) is 5. The van der Waals surface area contributed by atoms with Crippen molar-refractivity contribution >= 4 is 29.5 Å². The molecule has 0 radical (unpaired) electrons. The summed E-state index contributed by atoms with van der Waals surface area (Å²) >= 11 is 1.31. The van der Waals surface area contributed by atoms with Gasteiger partial charge < -0.3 is 4.57 Å². The van der Waals surface area contributed by atoms with Crippen molar-refractivity contribution in [1.82, 2.24) is 19.8 Å². The summed E-state index contributed by atoms with van der Waals surface area (Å²) in [4.78, 5) is 13.4. The monoisotopic (exact) mass is 479 g/mol. The van der Waals surface area contributed by atoms with Crippen molar-refractivity contribution in [2.45, 2.75) is 30.5 Å². The predicted octanol–water partition coefficient (Wildman–Crippen LogP) is 5.01. The number of halogens is 2. The second kappa shape index (κ2) is 9.50. The molecule has 1 saturated carbocycles. The summed E-state index contributed by atoms with van der Waals surface area (Å²) in [7, 11) is 1.82. The minimum Gasteiger partial charge on any atom is -0.312 e. The number of allylic oxidation sites excluding steroid dienone is 1. The van der Waals surface area contributed by atoms with E-state index in [4.69, 9.17) is 5.10 Å². The van der Waals surface area contributed by atoms with Gasteiger partial charge in [0.15, 0.2) is 5.16 Å². The first kappa shape index (κ1) is 22.5. The van der Waals surface area contributed by atoms with Gasteiger partial charge in [0, 0.05) is 13.0 Å². The molecule has 9 heteroatoms. The molecule has 1 aliphatic heterocycles. The lowest BCUT2D eigenvalue weighted by atomic mass is 9.77. The smallest absolute Gasteiger partial charge is 0.253 e. The molecule has 34 heavy (non-hydrogen) atoms. The molecule has 2 atom stereocenters. The maximum Gasteiger partial charge on any atom is 0.253 e. The largest absolute Gasteiger partial charge is 0.312 e. The molecule has 3 aromatic rings. The van der Waals surface area contributed by atoms with Crippen LogP contribution in [0.25, 0.3) is 6.08 Å². The van der Waals surface area contributed by atoms with Gasteiger partial charge in [0.05, 0.1) is 17.5 Å². The van der Waals surface area contributed by atoms with Crippen LogP contribution in [-0.2, 0) is 11.8 Å². The Bertz CT molecular complexity index is 1250. The van der Waals surface area contributed by atoms with Crippen LogP contribution in [0.4, 0.5) is 8.78 Å². The van der Waals surface area contributed by atoms with Gasteiger partial charge in [-0.15, -0.1) is 10.2 Å². The van der Waals surface area contributed by atoms with Crippen molar-refractivity contribution in [1.29, 1.82) is 0 Å². The van der Waals surface area contributed by atoms with Gasteiger partial charge in [0.2, 0.25) is 0 Å². The maximum absolute atomic E-state index is 13.6. The minimum atomic E-state index is -0.320. The van der Waals surface area contributed by atoms with E-state index >= 15 is 0 Å². The van der Waals surface area contributed by atoms with Gasteiger partial charge in [-0.05, 0) is 66.3 Å². The Balaban J connectivity index is 1.47. The zero-order valence-corrected chi connectivity index (χ0v) is 19.4. The summed E-state index contributed by atoms with van der Waals surface area (Å²) in [6.07, 6.45) is 6.27. The van der Waals surface area contributed by atoms with E-state index < -0.39 is 0 Å². The molecule has 0 saturated heterocycles. The van der Waals surface area contributed by atoms with E-state index in [1.54, 1.807) is 40.2 Å². The number of carbonyl (C=O) groups excluding carboxylic acids is 1. The van der Waals surface area contributed by atoms with Crippen LogP contribution in [0.5, 0.6) is 0 Å². The van der Waals surface area contributed by atoms with E-state index in [1.165, 1.54) is 36.0 Å². The summed E-state index contributed by atoms with van der Waals surface area (Å²) in [5.41, 5.74) is 3.67. The molecule has 5 rings (SSSR count). The highest BCUT2D eigenvalue weighted by Gasteiger charge is 2.43. The lowest BCUT2D eigenvalue weighted by Gasteiger charge is -2.29. The predicted molar refractivity (Wildman–Crippen MR) is 127 cm³/mol. The summed E-state index contributed by atoms with van der Waals surface area (Å²) in [6, 6.07) is 12.3. The van der Waals surface area contributed by atoms with E-state index in [-0.39, 0.29) is 35.3 Å². The van der Waals surface area contributed by atoms with Gasteiger partial charge in [-0.25, -0.2) is 13.8 Å². The number of amides is 1. The summed E-state index contributed by atoms with van der Waals surface area (Å²) in [5, 5.41) is 14.9. The highest BCUT2D eigenvalue weighted by molar-refractivity contribution is 7.99. The fourth-order valence-corrected chi connectivity index (χ4v) is 5.30. The molecule has 2 unspecified atom stereocenters. The van der Waals surface area contributed by atoms with Gasteiger partial charge in [-0.1, -0.05) is 36.0 Å². The van der Waals surface area contributed by atoms with Crippen LogP contribution in [0.3, 0.4) is 0 Å². The topological polar surface area (TPSA) is 63.4 Å². The zero-order valence-electron chi connectivity index (χ0n) is 18.6. The number of aromatic nitrogens is 3. The fourth-order valence-electron chi connectivity index (χ4n) is 4.56. The number of hydrogen-bond acceptors (Lipinski definition) is 5. The SMILES string of the molecule is Cn1cnnc1SCC(=O)N1N=C2C(=Cc3ccc(F)cc3)CCCC2C1c1ccc(F)cc1. The van der Waals surface area contributed by atoms with Crippen LogP contribution in [0.2, 0.25) is 0 Å². The third-order valence-electron chi connectivity index (χ3n) is 6.17. The highest BCUT2D eigenvalue weighted by atomic mass is 32.2. The molecule has 1 aromatic heterocycles. The van der Waals surface area contributed by atoms with E-state index in [1.807, 2.05) is 13.1 Å². The first-order chi connectivity index (χ1) is 16.5. The average molecular weight is 480 g/mol. The number of aryl methyl sites for hydroxylation is 1. The quantitative estimate of drug-likeness (QED) is 0.483. The van der Waals surface area contributed by atoms with Gasteiger partial charge in [-0.2, -0.15) is 5.10 Å². The van der Waals surface area contributed by atoms with Crippen molar-refractivity contribution in [3.63, 3.8) is 0 Å². The normalized spacial score (nSPS) is 21.0. The molecular formula is C25H23F2N5OS. The van der Waals surface area contributed by atoms with Gasteiger partial charge >= 0.3 is 0 Å². The molecule has 2 aliphatic rings. The third kappa shape index (κ3) is 4.52. The van der Waals surface area contributed by atoms with Crippen molar-refractivity contribution in [3.8, 4) is 0 Å². The Hall–Kier alpha value is -3.33. The molecule has 6 nitrogen and oxygen atoms in total. The second-order valence-electron chi connectivity index (χ2n) is 8.45. The van der Waals surface area contributed by atoms with Crippen molar-refractivity contribution in [3.05, 3.63) is 83.2 Å². The average Bonchev–Trinajstić information content (AvgIpc) is 3.43. The molecule has 1 fully saturated rings. The van der Waals surface area contributed by atoms with Crippen molar-refractivity contribution in [2.24, 2.45) is 18.1 Å². The molecule has 0 spiro atoms. The number of hydrogen-bond donors (Lipinski definition) is 0. The number of fused-ring (bicyclic) bond motifs is 1. The van der Waals surface area contributed by atoms with Crippen LogP contribution in [0.1, 0.15) is 36.4 Å². The standard InChI is InChI=1S/C25H23F2N5OS/c1-31-15-28-29-25(31)34-14-22(33)32-24(17-7-11-20(27)12-8-17)21-4-2-3-18(23(21)30-32)13-16-5-9-19(26)10-6-16/h5-13,15,21,24H,2-4,14H2,1H3. The third-order valence-corrected chi connectivity index (χ3v) is 7.19. The van der Waals surface area contributed by atoms with Crippen LogP contribution >= 0.6 is 11.8 Å². The maximum atomic E-state index is 13.6. The highest BCUT2D eigenvalue weighted by Crippen LogP contribution is 2.44. The number of rotatable bonds is 5. The fraction of sp³-hybridized carbons (Fsp3) is 0.280. The zero-order chi connectivity index (χ0) is 23.7. The molecule has 1 aliphatic carbocycles. The number of thioether (sulfide) groups is 1. The summed E-state index contributed by atoms with van der Waals surface area (Å²) in [6.45, 7) is 0. The van der Waals surface area contributed by atoms with Crippen molar-refractivity contribution in [2.75, 3.05) is 5.75 Å². The van der Waals surface area contributed by atoms with E-state index in [0.29, 0.717) is 5.16 Å². The molecular weight excluding hydrogens is 456 g/mol. The lowest BCUT2D eigenvalue weighted by molar-refractivity contribution is -0.130. The lowest BCUT2D eigenvalue weighted by Crippen LogP contribution is -2.32. The Kier molecular flexibility index (Phi) is 6.28. The second-order valence-corrected chi connectivity index (χ2v) is 9.40. The Morgan fingerprint density at radius 2 is 1.82 bits per heavy atom. The summed E-state index contributed by atoms with van der Waals surface area (Å²) in [5.74, 6) is -0.584. The van der Waals surface area contributed by atoms with E-state index in [9.17, 15) is 13.6 Å². The van der Waals surface area contributed by atoms with Crippen LogP contribution in [0, 0.1) is 17.6 Å². The number of carbonyl (C=O) groups is 1. The van der Waals surface area contributed by atoms with Gasteiger partial charge in [0.1, 0.15) is 18.0 Å². The van der Waals surface area contributed by atoms with Crippen molar-refractivity contribution < 1.29 is 13.6 Å². The van der Waals surface area contributed by atoms with E-state index in [0.717, 1.165) is 41.7 Å². The molecule has 174 valence electrons. The Labute approximate surface area is 200 Å². The van der Waals surface area contributed by atoms with E-state index in [2.05, 4.69) is 10.2 Å². The number of benzene rings is 2. The van der Waals surface area contributed by atoms with Gasteiger partial charge in [0.25, 0.3) is 5.91 Å². The molecule has 2 heterocycles. The first-order valence-corrected chi connectivity index (χ1v) is 12.1. The minimum absolute atomic E-state index is 0.00897. The Morgan fingerprint density at radius 1 is 1.12 bits per heavy atom. The molecule has 0 N–H and O–H groups in total. The summed E-state index contributed by atoms with van der Waals surface area (Å²) < 4.78 is 28.8. The van der Waals surface area contributed by atoms with Crippen LogP contribution in [0.15, 0.2) is 70.7 Å². The van der Waals surface area contributed by atoms with Crippen LogP contribution in [-0.4, -0.2) is 37.1 Å². The molecule has 2 aromatic carbocycles. The first-order valence-electron chi connectivity index (χ1n) is 11.1. The van der Waals surface area contributed by atoms with Crippen LogP contribution < -0.4 is 0 Å². The van der Waals surface area contributed by atoms with Gasteiger partial charge in [-0.3, -0.25) is 4.79 Å². The molecule has 1 amide bonds. The number of hydrazone groups is 1.